The highest BCUT2D eigenvalue weighted by atomic mass is 32.2. The van der Waals surface area contributed by atoms with E-state index < -0.39 is 56.7 Å². The third-order valence-corrected chi connectivity index (χ3v) is 8.49. The van der Waals surface area contributed by atoms with Crippen molar-refractivity contribution in [2.45, 2.75) is 55.3 Å². The van der Waals surface area contributed by atoms with E-state index in [-0.39, 0.29) is 24.2 Å². The van der Waals surface area contributed by atoms with Gasteiger partial charge < -0.3 is 10.4 Å². The summed E-state index contributed by atoms with van der Waals surface area (Å²) in [5, 5.41) is 21.2. The molecule has 0 spiro atoms. The van der Waals surface area contributed by atoms with Crippen LogP contribution in [0.2, 0.25) is 0 Å². The molecule has 2 aromatic rings. The first-order valence-corrected chi connectivity index (χ1v) is 12.9. The van der Waals surface area contributed by atoms with Crippen LogP contribution < -0.4 is 15.2 Å². The molecule has 1 fully saturated rings. The van der Waals surface area contributed by atoms with Crippen LogP contribution in [-0.4, -0.2) is 34.2 Å². The summed E-state index contributed by atoms with van der Waals surface area (Å²) in [4.78, 5) is 39.3. The van der Waals surface area contributed by atoms with E-state index in [9.17, 15) is 31.9 Å². The predicted octanol–water partition coefficient (Wildman–Crippen LogP) is 4.70. The summed E-state index contributed by atoms with van der Waals surface area (Å²) in [6.07, 6.45) is -3.18. The van der Waals surface area contributed by atoms with E-state index in [1.54, 1.807) is 13.8 Å². The number of benzene rings is 2. The number of aliphatic carboxylic acids is 1. The molecule has 2 amide bonds. The highest BCUT2D eigenvalue weighted by Gasteiger charge is 2.47. The van der Waals surface area contributed by atoms with Gasteiger partial charge in [0.2, 0.25) is 0 Å². The molecule has 204 valence electrons. The van der Waals surface area contributed by atoms with Gasteiger partial charge in [0.1, 0.15) is 5.82 Å². The SMILES string of the molecule is CC1(C)C(=O)N(c2ccc(C#N)c(C(F)(F)F)c2)N[SH]1c1ccc(C(=O)NCCCCCC(=O)O)c(F)c1. The third-order valence-electron chi connectivity index (χ3n) is 5.98. The van der Waals surface area contributed by atoms with Crippen molar-refractivity contribution in [3.63, 3.8) is 0 Å². The lowest BCUT2D eigenvalue weighted by Crippen LogP contribution is -2.38. The van der Waals surface area contributed by atoms with E-state index >= 15 is 0 Å². The minimum atomic E-state index is -4.80. The second-order valence-electron chi connectivity index (χ2n) is 9.10. The molecule has 8 nitrogen and oxygen atoms in total. The minimum Gasteiger partial charge on any atom is -0.481 e. The highest BCUT2D eigenvalue weighted by molar-refractivity contribution is 8.17. The number of rotatable bonds is 9. The van der Waals surface area contributed by atoms with Crippen molar-refractivity contribution in [3.05, 3.63) is 58.9 Å². The molecule has 13 heteroatoms. The number of alkyl halides is 3. The first-order valence-electron chi connectivity index (χ1n) is 11.6. The summed E-state index contributed by atoms with van der Waals surface area (Å²) in [5.41, 5.74) is -2.08. The molecule has 1 aliphatic rings. The Labute approximate surface area is 219 Å². The van der Waals surface area contributed by atoms with Crippen molar-refractivity contribution in [3.8, 4) is 6.07 Å². The number of unbranched alkanes of at least 4 members (excludes halogenated alkanes) is 2. The average molecular weight is 555 g/mol. The number of nitrogens with zero attached hydrogens (tertiary/aromatic N) is 2. The predicted molar refractivity (Wildman–Crippen MR) is 133 cm³/mol. The van der Waals surface area contributed by atoms with E-state index in [0.717, 1.165) is 17.1 Å². The number of hydrazine groups is 1. The first-order chi connectivity index (χ1) is 17.8. The maximum absolute atomic E-state index is 14.9. The Kier molecular flexibility index (Phi) is 8.68. The summed E-state index contributed by atoms with van der Waals surface area (Å²) in [7, 11) is 0. The van der Waals surface area contributed by atoms with Gasteiger partial charge in [-0.25, -0.2) is 9.40 Å². The van der Waals surface area contributed by atoms with Crippen molar-refractivity contribution in [2.24, 2.45) is 0 Å². The number of halogens is 4. The van der Waals surface area contributed by atoms with Gasteiger partial charge in [-0.2, -0.15) is 23.3 Å². The fraction of sp³-hybridized carbons (Fsp3) is 0.360. The maximum Gasteiger partial charge on any atom is 0.417 e. The van der Waals surface area contributed by atoms with E-state index in [1.165, 1.54) is 24.3 Å². The number of hydrogen-bond donors (Lipinski definition) is 4. The van der Waals surface area contributed by atoms with Crippen LogP contribution in [0.1, 0.15) is 61.0 Å². The monoisotopic (exact) mass is 554 g/mol. The molecule has 0 aromatic heterocycles. The Balaban J connectivity index is 1.76. The lowest BCUT2D eigenvalue weighted by Gasteiger charge is -2.27. The Morgan fingerprint density at radius 1 is 1.16 bits per heavy atom. The van der Waals surface area contributed by atoms with Gasteiger partial charge >= 0.3 is 12.1 Å². The van der Waals surface area contributed by atoms with E-state index in [1.807, 2.05) is 0 Å². The summed E-state index contributed by atoms with van der Waals surface area (Å²) < 4.78 is 54.1. The van der Waals surface area contributed by atoms with Crippen LogP contribution >= 0.6 is 11.1 Å². The zero-order valence-corrected chi connectivity index (χ0v) is 21.4. The Hall–Kier alpha value is -3.63. The molecular weight excluding hydrogens is 528 g/mol. The number of carbonyl (C=O) groups is 3. The van der Waals surface area contributed by atoms with Gasteiger partial charge in [0, 0.05) is 17.9 Å². The fourth-order valence-electron chi connectivity index (χ4n) is 3.90. The van der Waals surface area contributed by atoms with E-state index in [4.69, 9.17) is 10.4 Å². The lowest BCUT2D eigenvalue weighted by atomic mass is 10.1. The molecule has 3 rings (SSSR count). The topological polar surface area (TPSA) is 123 Å². The summed E-state index contributed by atoms with van der Waals surface area (Å²) >= 11 is -1.65. The Morgan fingerprint density at radius 2 is 1.87 bits per heavy atom. The second-order valence-corrected chi connectivity index (χ2v) is 11.6. The molecule has 0 radical (unpaired) electrons. The van der Waals surface area contributed by atoms with Crippen molar-refractivity contribution in [1.82, 2.24) is 10.1 Å². The van der Waals surface area contributed by atoms with Crippen LogP contribution in [-0.2, 0) is 15.8 Å². The number of nitriles is 1. The molecule has 1 unspecified atom stereocenters. The van der Waals surface area contributed by atoms with E-state index in [0.29, 0.717) is 30.2 Å². The van der Waals surface area contributed by atoms with Gasteiger partial charge in [-0.15, -0.1) is 11.1 Å². The van der Waals surface area contributed by atoms with Crippen LogP contribution in [0.4, 0.5) is 23.2 Å². The van der Waals surface area contributed by atoms with Crippen LogP contribution in [0.15, 0.2) is 41.3 Å². The summed E-state index contributed by atoms with van der Waals surface area (Å²) in [5.74, 6) is -2.90. The van der Waals surface area contributed by atoms with Gasteiger partial charge in [0.15, 0.2) is 0 Å². The Morgan fingerprint density at radius 3 is 2.47 bits per heavy atom. The number of anilines is 1. The first kappa shape index (κ1) is 28.9. The molecular formula is C25H26F4N4O4S. The summed E-state index contributed by atoms with van der Waals surface area (Å²) in [6.45, 7) is 3.42. The molecule has 3 N–H and O–H groups in total. The number of carbonyl (C=O) groups excluding carboxylic acids is 2. The number of carboxylic acids is 1. The smallest absolute Gasteiger partial charge is 0.417 e. The molecule has 1 aliphatic heterocycles. The average Bonchev–Trinajstić information content (AvgIpc) is 3.08. The standard InChI is InChI=1S/C25H26F4N4O4S/c1-24(2)23(37)33(16-8-7-15(14-30)19(12-16)25(27,28)29)32-38(24)17-9-10-18(20(26)13-17)22(36)31-11-5-3-4-6-21(34)35/h7-10,12-13,32,38H,3-6,11H2,1-2H3,(H,31,36)(H,34,35). The second kappa shape index (κ2) is 11.4. The van der Waals surface area contributed by atoms with Gasteiger partial charge in [-0.1, -0.05) is 6.42 Å². The van der Waals surface area contributed by atoms with Gasteiger partial charge in [0.05, 0.1) is 33.2 Å². The number of nitrogens with one attached hydrogen (secondary N) is 2. The third kappa shape index (κ3) is 6.25. The van der Waals surface area contributed by atoms with Crippen molar-refractivity contribution < 1.29 is 37.1 Å². The zero-order valence-electron chi connectivity index (χ0n) is 20.5. The highest BCUT2D eigenvalue weighted by Crippen LogP contribution is 2.51. The fourth-order valence-corrected chi connectivity index (χ4v) is 6.08. The van der Waals surface area contributed by atoms with Crippen LogP contribution in [0, 0.1) is 17.1 Å². The maximum atomic E-state index is 14.9. The molecule has 0 saturated carbocycles. The van der Waals surface area contributed by atoms with Crippen LogP contribution in [0.3, 0.4) is 0 Å². The largest absolute Gasteiger partial charge is 0.481 e. The number of thiol groups is 1. The minimum absolute atomic E-state index is 0.0337. The Bertz CT molecular complexity index is 1290. The van der Waals surface area contributed by atoms with Crippen molar-refractivity contribution >= 4 is 34.6 Å². The molecule has 0 aliphatic carbocycles. The quantitative estimate of drug-likeness (QED) is 0.203. The van der Waals surface area contributed by atoms with Gasteiger partial charge in [0.25, 0.3) is 11.8 Å². The van der Waals surface area contributed by atoms with Crippen LogP contribution in [0.25, 0.3) is 0 Å². The molecule has 2 aromatic carbocycles. The number of amides is 2. The van der Waals surface area contributed by atoms with Gasteiger partial charge in [-0.05, 0) is 63.1 Å². The van der Waals surface area contributed by atoms with Crippen molar-refractivity contribution in [2.75, 3.05) is 11.6 Å². The lowest BCUT2D eigenvalue weighted by molar-refractivity contribution is -0.138. The number of hydrogen-bond acceptors (Lipinski definition) is 5. The molecule has 0 bridgehead atoms. The van der Waals surface area contributed by atoms with Gasteiger partial charge in [-0.3, -0.25) is 14.4 Å². The molecule has 1 heterocycles. The van der Waals surface area contributed by atoms with Crippen molar-refractivity contribution in [1.29, 1.82) is 5.26 Å². The number of carboxylic acid groups (broad SMARTS) is 1. The molecule has 1 saturated heterocycles. The normalized spacial score (nSPS) is 17.8. The molecule has 1 atom stereocenters. The zero-order chi connectivity index (χ0) is 28.3. The van der Waals surface area contributed by atoms with E-state index in [2.05, 4.69) is 10.1 Å². The molecule has 38 heavy (non-hydrogen) atoms. The summed E-state index contributed by atoms with van der Waals surface area (Å²) in [6, 6.07) is 8.31. The van der Waals surface area contributed by atoms with Crippen LogP contribution in [0.5, 0.6) is 0 Å².